The van der Waals surface area contributed by atoms with Gasteiger partial charge in [0.05, 0.1) is 5.02 Å². The second-order valence-electron chi connectivity index (χ2n) is 5.56. The summed E-state index contributed by atoms with van der Waals surface area (Å²) >= 11 is 6.20. The lowest BCUT2D eigenvalue weighted by Crippen LogP contribution is -2.39. The van der Waals surface area contributed by atoms with Gasteiger partial charge in [0.1, 0.15) is 12.4 Å². The summed E-state index contributed by atoms with van der Waals surface area (Å²) in [5.41, 5.74) is -0.414. The Morgan fingerprint density at radius 2 is 1.96 bits per heavy atom. The van der Waals surface area contributed by atoms with Gasteiger partial charge in [-0.2, -0.15) is 0 Å². The van der Waals surface area contributed by atoms with Gasteiger partial charge in [-0.1, -0.05) is 11.6 Å². The van der Waals surface area contributed by atoms with Crippen molar-refractivity contribution in [2.24, 2.45) is 0 Å². The Labute approximate surface area is 144 Å². The number of pyridine rings is 1. The molecular weight excluding hydrogens is 330 g/mol. The molecule has 7 nitrogen and oxygen atoms in total. The molecule has 1 aliphatic rings. The summed E-state index contributed by atoms with van der Waals surface area (Å²) in [6.45, 7) is 2.67. The summed E-state index contributed by atoms with van der Waals surface area (Å²) in [6, 6.07) is 5.25. The molecule has 1 saturated heterocycles. The Bertz CT molecular complexity index is 779. The average molecular weight is 348 g/mol. The molecule has 24 heavy (non-hydrogen) atoms. The van der Waals surface area contributed by atoms with Gasteiger partial charge in [0.2, 0.25) is 5.91 Å². The highest BCUT2D eigenvalue weighted by atomic mass is 35.5. The van der Waals surface area contributed by atoms with Crippen LogP contribution in [-0.4, -0.2) is 51.5 Å². The minimum Gasteiger partial charge on any atom is -0.354 e. The van der Waals surface area contributed by atoms with Crippen LogP contribution in [0.25, 0.3) is 0 Å². The van der Waals surface area contributed by atoms with Crippen molar-refractivity contribution in [3.05, 3.63) is 52.3 Å². The van der Waals surface area contributed by atoms with E-state index >= 15 is 0 Å². The molecule has 0 aromatic carbocycles. The highest BCUT2D eigenvalue weighted by molar-refractivity contribution is 6.32. The van der Waals surface area contributed by atoms with Crippen LogP contribution in [0.2, 0.25) is 5.02 Å². The van der Waals surface area contributed by atoms with E-state index in [1.165, 1.54) is 10.8 Å². The van der Waals surface area contributed by atoms with Gasteiger partial charge in [0.15, 0.2) is 0 Å². The Hall–Kier alpha value is -2.41. The number of rotatable bonds is 3. The second kappa shape index (κ2) is 7.44. The first-order valence-electron chi connectivity index (χ1n) is 7.80. The summed E-state index contributed by atoms with van der Waals surface area (Å²) in [6.07, 6.45) is 5.53. The van der Waals surface area contributed by atoms with Crippen LogP contribution in [0.1, 0.15) is 6.42 Å². The molecule has 0 N–H and O–H groups in total. The monoisotopic (exact) mass is 347 g/mol. The molecule has 0 bridgehead atoms. The van der Waals surface area contributed by atoms with E-state index in [4.69, 9.17) is 11.6 Å². The van der Waals surface area contributed by atoms with Crippen LogP contribution < -0.4 is 10.6 Å². The van der Waals surface area contributed by atoms with Gasteiger partial charge in [0.25, 0.3) is 0 Å². The predicted octanol–water partition coefficient (Wildman–Crippen LogP) is 1.03. The van der Waals surface area contributed by atoms with Crippen LogP contribution in [0.15, 0.2) is 41.6 Å². The van der Waals surface area contributed by atoms with E-state index in [0.717, 1.165) is 18.8 Å². The molecule has 3 heterocycles. The zero-order chi connectivity index (χ0) is 16.9. The molecule has 0 spiro atoms. The lowest BCUT2D eigenvalue weighted by Gasteiger charge is -2.23. The number of anilines is 1. The van der Waals surface area contributed by atoms with Gasteiger partial charge in [-0.15, -0.1) is 0 Å². The summed E-state index contributed by atoms with van der Waals surface area (Å²) in [4.78, 5) is 35.9. The molecule has 2 aromatic rings. The molecule has 1 fully saturated rings. The SMILES string of the molecule is O=C(Cn1cccnc1=O)N1CCCN(c2ncccc2Cl)CC1. The Balaban J connectivity index is 1.65. The van der Waals surface area contributed by atoms with Gasteiger partial charge >= 0.3 is 5.69 Å². The fourth-order valence-corrected chi connectivity index (χ4v) is 2.98. The zero-order valence-electron chi connectivity index (χ0n) is 13.1. The van der Waals surface area contributed by atoms with Crippen LogP contribution in [0.5, 0.6) is 0 Å². The van der Waals surface area contributed by atoms with Gasteiger partial charge in [-0.3, -0.25) is 9.36 Å². The lowest BCUT2D eigenvalue weighted by atomic mass is 10.3. The van der Waals surface area contributed by atoms with Crippen LogP contribution >= 0.6 is 11.6 Å². The zero-order valence-corrected chi connectivity index (χ0v) is 13.9. The lowest BCUT2D eigenvalue weighted by molar-refractivity contribution is -0.131. The molecule has 0 atom stereocenters. The average Bonchev–Trinajstić information content (AvgIpc) is 2.83. The Morgan fingerprint density at radius 3 is 2.75 bits per heavy atom. The molecule has 0 saturated carbocycles. The summed E-state index contributed by atoms with van der Waals surface area (Å²) < 4.78 is 1.32. The maximum Gasteiger partial charge on any atom is 0.347 e. The minimum atomic E-state index is -0.414. The van der Waals surface area contributed by atoms with Crippen molar-refractivity contribution in [1.29, 1.82) is 0 Å². The van der Waals surface area contributed by atoms with E-state index in [9.17, 15) is 9.59 Å². The normalized spacial score (nSPS) is 15.2. The first-order valence-corrected chi connectivity index (χ1v) is 8.17. The van der Waals surface area contributed by atoms with Gasteiger partial charge in [0, 0.05) is 44.8 Å². The van der Waals surface area contributed by atoms with E-state index < -0.39 is 5.69 Å². The van der Waals surface area contributed by atoms with Crippen LogP contribution in [-0.2, 0) is 11.3 Å². The first-order chi connectivity index (χ1) is 11.6. The maximum atomic E-state index is 12.5. The van der Waals surface area contributed by atoms with E-state index in [2.05, 4.69) is 14.9 Å². The van der Waals surface area contributed by atoms with Crippen molar-refractivity contribution < 1.29 is 4.79 Å². The number of hydrogen-bond donors (Lipinski definition) is 0. The molecule has 0 unspecified atom stereocenters. The molecule has 126 valence electrons. The topological polar surface area (TPSA) is 71.3 Å². The fraction of sp³-hybridized carbons (Fsp3) is 0.375. The number of amides is 1. The van der Waals surface area contributed by atoms with Crippen molar-refractivity contribution in [3.8, 4) is 0 Å². The van der Waals surface area contributed by atoms with Crippen molar-refractivity contribution in [1.82, 2.24) is 19.4 Å². The summed E-state index contributed by atoms with van der Waals surface area (Å²) in [7, 11) is 0. The largest absolute Gasteiger partial charge is 0.354 e. The molecule has 8 heteroatoms. The first kappa shape index (κ1) is 16.4. The van der Waals surface area contributed by atoms with E-state index in [1.807, 2.05) is 6.07 Å². The number of carbonyl (C=O) groups is 1. The number of hydrogen-bond acceptors (Lipinski definition) is 5. The minimum absolute atomic E-state index is 0.0109. The number of halogens is 1. The third-order valence-corrected chi connectivity index (χ3v) is 4.27. The number of nitrogens with zero attached hydrogens (tertiary/aromatic N) is 5. The third-order valence-electron chi connectivity index (χ3n) is 3.98. The maximum absolute atomic E-state index is 12.5. The molecule has 2 aromatic heterocycles. The molecule has 0 aliphatic carbocycles. The van der Waals surface area contributed by atoms with Gasteiger partial charge in [-0.25, -0.2) is 14.8 Å². The molecular formula is C16H18ClN5O2. The smallest absolute Gasteiger partial charge is 0.347 e. The molecule has 1 amide bonds. The number of carbonyl (C=O) groups excluding carboxylic acids is 1. The van der Waals surface area contributed by atoms with Crippen molar-refractivity contribution in [2.45, 2.75) is 13.0 Å². The van der Waals surface area contributed by atoms with Crippen LogP contribution in [0.4, 0.5) is 5.82 Å². The molecule has 1 aliphatic heterocycles. The predicted molar refractivity (Wildman–Crippen MR) is 91.2 cm³/mol. The number of aromatic nitrogens is 3. The van der Waals surface area contributed by atoms with Crippen LogP contribution in [0.3, 0.4) is 0 Å². The highest BCUT2D eigenvalue weighted by Crippen LogP contribution is 2.23. The van der Waals surface area contributed by atoms with Crippen molar-refractivity contribution in [3.63, 3.8) is 0 Å². The van der Waals surface area contributed by atoms with Crippen molar-refractivity contribution >= 4 is 23.3 Å². The fourth-order valence-electron chi connectivity index (χ4n) is 2.74. The highest BCUT2D eigenvalue weighted by Gasteiger charge is 2.21. The Morgan fingerprint density at radius 1 is 1.12 bits per heavy atom. The van der Waals surface area contributed by atoms with Gasteiger partial charge in [-0.05, 0) is 24.6 Å². The van der Waals surface area contributed by atoms with E-state index in [0.29, 0.717) is 24.7 Å². The van der Waals surface area contributed by atoms with E-state index in [1.54, 1.807) is 29.4 Å². The molecule has 0 radical (unpaired) electrons. The third kappa shape index (κ3) is 3.73. The summed E-state index contributed by atoms with van der Waals surface area (Å²) in [5.74, 6) is 0.663. The summed E-state index contributed by atoms with van der Waals surface area (Å²) in [5, 5.41) is 0.610. The van der Waals surface area contributed by atoms with Gasteiger partial charge < -0.3 is 9.80 Å². The quantitative estimate of drug-likeness (QED) is 0.829. The second-order valence-corrected chi connectivity index (χ2v) is 5.97. The Kier molecular flexibility index (Phi) is 5.10. The van der Waals surface area contributed by atoms with Crippen molar-refractivity contribution in [2.75, 3.05) is 31.1 Å². The van der Waals surface area contributed by atoms with Crippen LogP contribution in [0, 0.1) is 0 Å². The molecule has 3 rings (SSSR count). The standard InChI is InChI=1S/C16H18ClN5O2/c17-13-4-1-5-18-15(13)21-9-3-8-20(10-11-21)14(23)12-22-7-2-6-19-16(22)24/h1-2,4-7H,3,8-12H2. The van der Waals surface area contributed by atoms with E-state index in [-0.39, 0.29) is 12.5 Å².